The van der Waals surface area contributed by atoms with Crippen LogP contribution in [0.5, 0.6) is 0 Å². The van der Waals surface area contributed by atoms with Gasteiger partial charge in [-0.1, -0.05) is 37.3 Å². The molecule has 2 rings (SSSR count). The maximum Gasteiger partial charge on any atom is 0.317 e. The number of urea groups is 1. The van der Waals surface area contributed by atoms with Crippen molar-refractivity contribution in [2.24, 2.45) is 5.41 Å². The van der Waals surface area contributed by atoms with Crippen LogP contribution in [0.2, 0.25) is 0 Å². The molecule has 5 heteroatoms. The van der Waals surface area contributed by atoms with Gasteiger partial charge in [0.15, 0.2) is 0 Å². The molecule has 24 heavy (non-hydrogen) atoms. The molecule has 0 spiro atoms. The standard InChI is InChI=1S/C19H28N2O3/c1-3-16(10-9-15-7-5-4-6-8-15)20-18(24)21-13-11-19(2,12-14-21)17(22)23/h4-8,16H,3,9-14H2,1-2H3,(H,20,24)(H,22,23). The van der Waals surface area contributed by atoms with Gasteiger partial charge >= 0.3 is 12.0 Å². The molecule has 2 amide bonds. The van der Waals surface area contributed by atoms with Gasteiger partial charge in [-0.3, -0.25) is 4.79 Å². The zero-order valence-electron chi connectivity index (χ0n) is 14.6. The van der Waals surface area contributed by atoms with Crippen LogP contribution in [0.4, 0.5) is 4.79 Å². The van der Waals surface area contributed by atoms with Crippen molar-refractivity contribution < 1.29 is 14.7 Å². The lowest BCUT2D eigenvalue weighted by Crippen LogP contribution is -2.50. The Kier molecular flexibility index (Phi) is 6.23. The number of amides is 2. The van der Waals surface area contributed by atoms with Gasteiger partial charge in [0.25, 0.3) is 0 Å². The average Bonchev–Trinajstić information content (AvgIpc) is 2.59. The first-order valence-corrected chi connectivity index (χ1v) is 8.77. The summed E-state index contributed by atoms with van der Waals surface area (Å²) in [4.78, 5) is 25.5. The lowest BCUT2D eigenvalue weighted by atomic mass is 9.80. The highest BCUT2D eigenvalue weighted by Gasteiger charge is 2.38. The zero-order valence-corrected chi connectivity index (χ0v) is 14.6. The van der Waals surface area contributed by atoms with Gasteiger partial charge in [0.2, 0.25) is 0 Å². The molecule has 0 bridgehead atoms. The summed E-state index contributed by atoms with van der Waals surface area (Å²) in [7, 11) is 0. The second-order valence-corrected chi connectivity index (χ2v) is 6.93. The molecule has 1 saturated heterocycles. The summed E-state index contributed by atoms with van der Waals surface area (Å²) in [5, 5.41) is 12.4. The molecular formula is C19H28N2O3. The molecule has 1 aromatic rings. The number of aryl methyl sites for hydroxylation is 1. The molecule has 0 saturated carbocycles. The van der Waals surface area contributed by atoms with E-state index in [-0.39, 0.29) is 12.1 Å². The Balaban J connectivity index is 1.81. The van der Waals surface area contributed by atoms with E-state index in [2.05, 4.69) is 24.4 Å². The van der Waals surface area contributed by atoms with E-state index in [1.165, 1.54) is 5.56 Å². The van der Waals surface area contributed by atoms with Gasteiger partial charge in [-0.15, -0.1) is 0 Å². The van der Waals surface area contributed by atoms with E-state index in [0.717, 1.165) is 19.3 Å². The predicted molar refractivity (Wildman–Crippen MR) is 93.9 cm³/mol. The SMILES string of the molecule is CCC(CCc1ccccc1)NC(=O)N1CCC(C)(C(=O)O)CC1. The summed E-state index contributed by atoms with van der Waals surface area (Å²) in [5.74, 6) is -0.767. The van der Waals surface area contributed by atoms with Crippen LogP contribution in [0.25, 0.3) is 0 Å². The van der Waals surface area contributed by atoms with E-state index < -0.39 is 11.4 Å². The van der Waals surface area contributed by atoms with E-state index in [1.807, 2.05) is 18.2 Å². The number of aliphatic carboxylic acids is 1. The molecule has 2 N–H and O–H groups in total. The van der Waals surface area contributed by atoms with Crippen LogP contribution >= 0.6 is 0 Å². The molecule has 1 aliphatic heterocycles. The minimum absolute atomic E-state index is 0.0673. The third kappa shape index (κ3) is 4.73. The summed E-state index contributed by atoms with van der Waals surface area (Å²) >= 11 is 0. The Morgan fingerprint density at radius 1 is 1.25 bits per heavy atom. The third-order valence-corrected chi connectivity index (χ3v) is 5.12. The van der Waals surface area contributed by atoms with Crippen LogP contribution in [0, 0.1) is 5.41 Å². The fourth-order valence-electron chi connectivity index (χ4n) is 3.05. The lowest BCUT2D eigenvalue weighted by Gasteiger charge is -2.37. The Labute approximate surface area is 144 Å². The largest absolute Gasteiger partial charge is 0.481 e. The topological polar surface area (TPSA) is 69.6 Å². The number of likely N-dealkylation sites (tertiary alicyclic amines) is 1. The van der Waals surface area contributed by atoms with Crippen LogP contribution in [-0.2, 0) is 11.2 Å². The number of piperidine rings is 1. The minimum Gasteiger partial charge on any atom is -0.481 e. The second kappa shape index (κ2) is 8.18. The van der Waals surface area contributed by atoms with Crippen molar-refractivity contribution in [2.45, 2.75) is 52.0 Å². The molecule has 1 aromatic carbocycles. The highest BCUT2D eigenvalue weighted by Crippen LogP contribution is 2.31. The second-order valence-electron chi connectivity index (χ2n) is 6.93. The lowest BCUT2D eigenvalue weighted by molar-refractivity contribution is -0.150. The first-order valence-electron chi connectivity index (χ1n) is 8.77. The molecule has 1 unspecified atom stereocenters. The van der Waals surface area contributed by atoms with Crippen LogP contribution in [0.15, 0.2) is 30.3 Å². The van der Waals surface area contributed by atoms with E-state index in [1.54, 1.807) is 11.8 Å². The van der Waals surface area contributed by atoms with Crippen molar-refractivity contribution in [1.82, 2.24) is 10.2 Å². The maximum atomic E-state index is 12.4. The molecule has 1 fully saturated rings. The van der Waals surface area contributed by atoms with Gasteiger partial charge in [0, 0.05) is 19.1 Å². The summed E-state index contributed by atoms with van der Waals surface area (Å²) in [6.07, 6.45) is 3.76. The molecule has 0 aliphatic carbocycles. The van der Waals surface area contributed by atoms with Crippen molar-refractivity contribution in [1.29, 1.82) is 0 Å². The number of hydrogen-bond acceptors (Lipinski definition) is 2. The van der Waals surface area contributed by atoms with Gasteiger partial charge in [-0.05, 0) is 44.6 Å². The number of nitrogens with zero attached hydrogens (tertiary/aromatic N) is 1. The van der Waals surface area contributed by atoms with Crippen LogP contribution < -0.4 is 5.32 Å². The molecule has 1 heterocycles. The molecule has 132 valence electrons. The zero-order chi connectivity index (χ0) is 17.6. The number of carbonyl (C=O) groups is 2. The van der Waals surface area contributed by atoms with Crippen molar-refractivity contribution in [2.75, 3.05) is 13.1 Å². The molecule has 1 aliphatic rings. The minimum atomic E-state index is -0.767. The fourth-order valence-corrected chi connectivity index (χ4v) is 3.05. The number of hydrogen-bond donors (Lipinski definition) is 2. The highest BCUT2D eigenvalue weighted by atomic mass is 16.4. The number of carboxylic acid groups (broad SMARTS) is 1. The highest BCUT2D eigenvalue weighted by molar-refractivity contribution is 5.77. The number of nitrogens with one attached hydrogen (secondary N) is 1. The van der Waals surface area contributed by atoms with Gasteiger partial charge in [0.1, 0.15) is 0 Å². The van der Waals surface area contributed by atoms with Crippen LogP contribution in [-0.4, -0.2) is 41.1 Å². The fraction of sp³-hybridized carbons (Fsp3) is 0.579. The Hall–Kier alpha value is -2.04. The summed E-state index contributed by atoms with van der Waals surface area (Å²) in [6.45, 7) is 4.85. The van der Waals surface area contributed by atoms with E-state index >= 15 is 0 Å². The molecular weight excluding hydrogens is 304 g/mol. The van der Waals surface area contributed by atoms with E-state index in [0.29, 0.717) is 25.9 Å². The van der Waals surface area contributed by atoms with Gasteiger partial charge in [0.05, 0.1) is 5.41 Å². The van der Waals surface area contributed by atoms with Crippen molar-refractivity contribution in [3.63, 3.8) is 0 Å². The smallest absolute Gasteiger partial charge is 0.317 e. The van der Waals surface area contributed by atoms with Gasteiger partial charge in [-0.2, -0.15) is 0 Å². The summed E-state index contributed by atoms with van der Waals surface area (Å²) in [5.41, 5.74) is 0.578. The summed E-state index contributed by atoms with van der Waals surface area (Å²) < 4.78 is 0. The normalized spacial score (nSPS) is 18.0. The number of carbonyl (C=O) groups excluding carboxylic acids is 1. The quantitative estimate of drug-likeness (QED) is 0.840. The number of carboxylic acids is 1. The number of rotatable bonds is 6. The van der Waals surface area contributed by atoms with E-state index in [4.69, 9.17) is 0 Å². The molecule has 0 radical (unpaired) electrons. The van der Waals surface area contributed by atoms with Gasteiger partial charge in [-0.25, -0.2) is 4.79 Å². The van der Waals surface area contributed by atoms with Crippen LogP contribution in [0.1, 0.15) is 45.1 Å². The number of benzene rings is 1. The van der Waals surface area contributed by atoms with Gasteiger partial charge < -0.3 is 15.3 Å². The molecule has 5 nitrogen and oxygen atoms in total. The molecule has 0 aromatic heterocycles. The summed E-state index contributed by atoms with van der Waals surface area (Å²) in [6, 6.07) is 10.3. The first-order chi connectivity index (χ1) is 11.4. The van der Waals surface area contributed by atoms with Crippen molar-refractivity contribution >= 4 is 12.0 Å². The third-order valence-electron chi connectivity index (χ3n) is 5.12. The van der Waals surface area contributed by atoms with Crippen molar-refractivity contribution in [3.8, 4) is 0 Å². The van der Waals surface area contributed by atoms with Crippen molar-refractivity contribution in [3.05, 3.63) is 35.9 Å². The Morgan fingerprint density at radius 3 is 2.42 bits per heavy atom. The maximum absolute atomic E-state index is 12.4. The predicted octanol–water partition coefficient (Wildman–Crippen LogP) is 3.29. The van der Waals surface area contributed by atoms with Crippen LogP contribution in [0.3, 0.4) is 0 Å². The Bertz CT molecular complexity index is 551. The monoisotopic (exact) mass is 332 g/mol. The average molecular weight is 332 g/mol. The molecule has 1 atom stereocenters. The van der Waals surface area contributed by atoms with E-state index in [9.17, 15) is 14.7 Å². The Morgan fingerprint density at radius 2 is 1.88 bits per heavy atom. The first kappa shape index (κ1) is 18.3.